The molecule has 1 aromatic carbocycles. The Balaban J connectivity index is 2.10. The van der Waals surface area contributed by atoms with Crippen molar-refractivity contribution in [2.24, 2.45) is 0 Å². The molecule has 1 aromatic heterocycles. The molecule has 1 aliphatic heterocycles. The largest absolute Gasteiger partial charge is 0.346 e. The van der Waals surface area contributed by atoms with Crippen LogP contribution in [0.15, 0.2) is 35.4 Å². The van der Waals surface area contributed by atoms with Crippen molar-refractivity contribution in [3.63, 3.8) is 0 Å². The Bertz CT molecular complexity index is 751. The fourth-order valence-corrected chi connectivity index (χ4v) is 2.11. The van der Waals surface area contributed by atoms with Crippen LogP contribution in [0.1, 0.15) is 19.9 Å². The van der Waals surface area contributed by atoms with E-state index in [-0.39, 0.29) is 11.3 Å². The van der Waals surface area contributed by atoms with E-state index >= 15 is 0 Å². The number of benzene rings is 1. The summed E-state index contributed by atoms with van der Waals surface area (Å²) in [6.07, 6.45) is 1.40. The molecule has 1 aliphatic rings. The average molecular weight is 270 g/mol. The highest BCUT2D eigenvalue weighted by Crippen LogP contribution is 2.34. The van der Waals surface area contributed by atoms with Crippen LogP contribution in [-0.2, 0) is 4.79 Å². The molecule has 0 saturated heterocycles. The molecule has 0 aliphatic carbocycles. The molecule has 6 nitrogen and oxygen atoms in total. The average Bonchev–Trinajstić information content (AvgIpc) is 2.45. The highest BCUT2D eigenvalue weighted by Gasteiger charge is 2.21. The molecule has 0 bridgehead atoms. The van der Waals surface area contributed by atoms with Gasteiger partial charge in [0.15, 0.2) is 11.6 Å². The molecule has 2 N–H and O–H groups in total. The van der Waals surface area contributed by atoms with Gasteiger partial charge in [0.05, 0.1) is 17.4 Å². The van der Waals surface area contributed by atoms with Gasteiger partial charge in [-0.3, -0.25) is 14.2 Å². The van der Waals surface area contributed by atoms with Crippen molar-refractivity contribution in [1.82, 2.24) is 9.55 Å². The van der Waals surface area contributed by atoms with Crippen LogP contribution in [0.2, 0.25) is 0 Å². The molecule has 0 saturated carbocycles. The van der Waals surface area contributed by atoms with Gasteiger partial charge in [-0.25, -0.2) is 4.98 Å². The number of hydrogen-bond acceptors (Lipinski definition) is 5. The number of carbonyl (C=O) groups is 1. The minimum Gasteiger partial charge on any atom is -0.346 e. The quantitative estimate of drug-likeness (QED) is 0.746. The highest BCUT2D eigenvalue weighted by molar-refractivity contribution is 5.88. The minimum atomic E-state index is -0.528. The second-order valence-corrected chi connectivity index (χ2v) is 4.76. The molecule has 0 spiro atoms. The molecule has 102 valence electrons. The third-order valence-electron chi connectivity index (χ3n) is 3.44. The van der Waals surface area contributed by atoms with Crippen LogP contribution in [0.3, 0.4) is 0 Å². The van der Waals surface area contributed by atoms with Gasteiger partial charge in [0.2, 0.25) is 0 Å². The molecular formula is C14H14N4O2. The first-order valence-corrected chi connectivity index (χ1v) is 6.32. The molecule has 0 amide bonds. The first-order chi connectivity index (χ1) is 9.58. The Morgan fingerprint density at radius 1 is 1.25 bits per heavy atom. The number of nitrogens with one attached hydrogen (secondary N) is 2. The number of fused-ring (bicyclic) bond motifs is 2. The summed E-state index contributed by atoms with van der Waals surface area (Å²) in [7, 11) is 0. The molecule has 1 unspecified atom stereocenters. The van der Waals surface area contributed by atoms with Crippen LogP contribution in [-0.4, -0.2) is 15.3 Å². The van der Waals surface area contributed by atoms with Crippen molar-refractivity contribution >= 4 is 28.7 Å². The zero-order chi connectivity index (χ0) is 14.3. The molecule has 0 radical (unpaired) electrons. The zero-order valence-electron chi connectivity index (χ0n) is 11.2. The van der Waals surface area contributed by atoms with E-state index in [0.29, 0.717) is 11.5 Å². The number of para-hydroxylation sites is 2. The Morgan fingerprint density at radius 2 is 1.90 bits per heavy atom. The number of nitrogens with zero attached hydrogens (tertiary/aromatic N) is 2. The maximum atomic E-state index is 12.4. The Kier molecular flexibility index (Phi) is 2.78. The lowest BCUT2D eigenvalue weighted by atomic mass is 10.2. The second kappa shape index (κ2) is 4.48. The third-order valence-corrected chi connectivity index (χ3v) is 3.44. The van der Waals surface area contributed by atoms with E-state index in [0.717, 1.165) is 11.4 Å². The first-order valence-electron chi connectivity index (χ1n) is 6.32. The SMILES string of the molecule is CC(=O)C(C)n1cnc2c(c1=O)Nc1ccccc1N2. The summed E-state index contributed by atoms with van der Waals surface area (Å²) in [5, 5.41) is 6.18. The summed E-state index contributed by atoms with van der Waals surface area (Å²) in [4.78, 5) is 28.1. The van der Waals surface area contributed by atoms with Gasteiger partial charge in [0, 0.05) is 0 Å². The van der Waals surface area contributed by atoms with Crippen LogP contribution in [0.4, 0.5) is 22.9 Å². The molecular weight excluding hydrogens is 256 g/mol. The van der Waals surface area contributed by atoms with Crippen molar-refractivity contribution in [3.8, 4) is 0 Å². The van der Waals surface area contributed by atoms with Crippen molar-refractivity contribution < 1.29 is 4.79 Å². The number of carbonyl (C=O) groups excluding carboxylic acids is 1. The molecule has 3 rings (SSSR count). The van der Waals surface area contributed by atoms with E-state index in [1.807, 2.05) is 24.3 Å². The molecule has 2 aromatic rings. The van der Waals surface area contributed by atoms with Crippen molar-refractivity contribution in [2.75, 3.05) is 10.6 Å². The number of Topliss-reactive ketones (excluding diaryl/α,β-unsaturated/α-hetero) is 1. The van der Waals surface area contributed by atoms with E-state index in [2.05, 4.69) is 15.6 Å². The van der Waals surface area contributed by atoms with Gasteiger partial charge in [-0.05, 0) is 26.0 Å². The number of aromatic nitrogens is 2. The Morgan fingerprint density at radius 3 is 2.55 bits per heavy atom. The lowest BCUT2D eigenvalue weighted by Gasteiger charge is -2.23. The normalized spacial score (nSPS) is 13.5. The zero-order valence-corrected chi connectivity index (χ0v) is 11.2. The fraction of sp³-hybridized carbons (Fsp3) is 0.214. The molecule has 6 heteroatoms. The summed E-state index contributed by atoms with van der Waals surface area (Å²) in [5.41, 5.74) is 1.77. The number of hydrogen-bond donors (Lipinski definition) is 2. The number of rotatable bonds is 2. The lowest BCUT2D eigenvalue weighted by molar-refractivity contribution is -0.119. The first kappa shape index (κ1) is 12.4. The van der Waals surface area contributed by atoms with Crippen LogP contribution in [0.5, 0.6) is 0 Å². The van der Waals surface area contributed by atoms with Gasteiger partial charge in [0.25, 0.3) is 5.56 Å². The molecule has 1 atom stereocenters. The Hall–Kier alpha value is -2.63. The van der Waals surface area contributed by atoms with E-state index in [1.165, 1.54) is 17.8 Å². The summed E-state index contributed by atoms with van der Waals surface area (Å²) < 4.78 is 1.34. The van der Waals surface area contributed by atoms with Gasteiger partial charge in [-0.2, -0.15) is 0 Å². The monoisotopic (exact) mass is 270 g/mol. The smallest absolute Gasteiger partial charge is 0.279 e. The van der Waals surface area contributed by atoms with E-state index in [1.54, 1.807) is 6.92 Å². The fourth-order valence-electron chi connectivity index (χ4n) is 2.11. The van der Waals surface area contributed by atoms with Gasteiger partial charge >= 0.3 is 0 Å². The predicted octanol–water partition coefficient (Wildman–Crippen LogP) is 2.19. The summed E-state index contributed by atoms with van der Waals surface area (Å²) in [6.45, 7) is 3.14. The number of anilines is 4. The highest BCUT2D eigenvalue weighted by atomic mass is 16.1. The van der Waals surface area contributed by atoms with Crippen molar-refractivity contribution in [3.05, 3.63) is 40.9 Å². The van der Waals surface area contributed by atoms with E-state index in [4.69, 9.17) is 0 Å². The van der Waals surface area contributed by atoms with E-state index < -0.39 is 6.04 Å². The van der Waals surface area contributed by atoms with Gasteiger partial charge < -0.3 is 10.6 Å². The Labute approximate surface area is 115 Å². The van der Waals surface area contributed by atoms with Crippen molar-refractivity contribution in [1.29, 1.82) is 0 Å². The van der Waals surface area contributed by atoms with Crippen LogP contribution in [0.25, 0.3) is 0 Å². The van der Waals surface area contributed by atoms with Crippen LogP contribution in [0, 0.1) is 0 Å². The topological polar surface area (TPSA) is 76.0 Å². The molecule has 2 heterocycles. The maximum absolute atomic E-state index is 12.4. The van der Waals surface area contributed by atoms with Crippen molar-refractivity contribution in [2.45, 2.75) is 19.9 Å². The summed E-state index contributed by atoms with van der Waals surface area (Å²) in [5.74, 6) is 0.388. The van der Waals surface area contributed by atoms with Crippen LogP contribution < -0.4 is 16.2 Å². The number of ketones is 1. The predicted molar refractivity (Wildman–Crippen MR) is 76.9 cm³/mol. The van der Waals surface area contributed by atoms with Gasteiger partial charge in [0.1, 0.15) is 12.0 Å². The summed E-state index contributed by atoms with van der Waals surface area (Å²) in [6, 6.07) is 7.02. The second-order valence-electron chi connectivity index (χ2n) is 4.76. The lowest BCUT2D eigenvalue weighted by Crippen LogP contribution is -2.30. The molecule has 0 fully saturated rings. The maximum Gasteiger partial charge on any atom is 0.279 e. The van der Waals surface area contributed by atoms with Gasteiger partial charge in [-0.15, -0.1) is 0 Å². The van der Waals surface area contributed by atoms with Crippen LogP contribution >= 0.6 is 0 Å². The minimum absolute atomic E-state index is 0.0852. The third kappa shape index (κ3) is 1.85. The molecule has 20 heavy (non-hydrogen) atoms. The van der Waals surface area contributed by atoms with E-state index in [9.17, 15) is 9.59 Å². The standard InChI is InChI=1S/C14H14N4O2/c1-8(9(2)19)18-7-15-13-12(14(18)20)16-10-5-3-4-6-11(10)17-13/h3-8,16-17H,1-2H3. The summed E-state index contributed by atoms with van der Waals surface area (Å²) >= 11 is 0. The van der Waals surface area contributed by atoms with Gasteiger partial charge in [-0.1, -0.05) is 12.1 Å².